The van der Waals surface area contributed by atoms with E-state index in [1.165, 1.54) is 5.56 Å². The number of nitriles is 1. The van der Waals surface area contributed by atoms with Crippen molar-refractivity contribution in [1.29, 1.82) is 5.26 Å². The Balaban J connectivity index is 2.12. The molecule has 2 rings (SSSR count). The molecule has 0 bridgehead atoms. The fraction of sp³-hybridized carbons (Fsp3) is 0.235. The van der Waals surface area contributed by atoms with Gasteiger partial charge in [-0.25, -0.2) is 0 Å². The molecule has 19 heavy (non-hydrogen) atoms. The number of hydrogen-bond donors (Lipinski definition) is 1. The van der Waals surface area contributed by atoms with Crippen molar-refractivity contribution in [3.63, 3.8) is 0 Å². The van der Waals surface area contributed by atoms with Crippen LogP contribution in [0.15, 0.2) is 60.7 Å². The van der Waals surface area contributed by atoms with Crippen LogP contribution in [0.3, 0.4) is 0 Å². The molecule has 0 saturated carbocycles. The molecular formula is C17H18N2. The summed E-state index contributed by atoms with van der Waals surface area (Å²) in [5.41, 5.74) is 2.40. The molecule has 0 aromatic heterocycles. The maximum Gasteiger partial charge on any atom is 0.0641 e. The van der Waals surface area contributed by atoms with Crippen LogP contribution in [-0.4, -0.2) is 0 Å². The van der Waals surface area contributed by atoms with Gasteiger partial charge in [-0.05, 0) is 18.1 Å². The van der Waals surface area contributed by atoms with Crippen molar-refractivity contribution < 1.29 is 0 Å². The van der Waals surface area contributed by atoms with E-state index in [0.717, 1.165) is 5.56 Å². The van der Waals surface area contributed by atoms with Crippen LogP contribution in [0, 0.1) is 11.3 Å². The summed E-state index contributed by atoms with van der Waals surface area (Å²) in [5.74, 6) is 0. The van der Waals surface area contributed by atoms with Crippen molar-refractivity contribution in [3.8, 4) is 6.07 Å². The van der Waals surface area contributed by atoms with E-state index in [1.807, 2.05) is 36.4 Å². The maximum absolute atomic E-state index is 8.99. The lowest BCUT2D eigenvalue weighted by Gasteiger charge is -2.22. The van der Waals surface area contributed by atoms with Crippen molar-refractivity contribution in [1.82, 2.24) is 5.32 Å². The SMILES string of the molecule is C[C@H](NC(CC#N)c1ccccc1)c1ccccc1. The van der Waals surface area contributed by atoms with Gasteiger partial charge in [0, 0.05) is 12.1 Å². The van der Waals surface area contributed by atoms with E-state index in [-0.39, 0.29) is 12.1 Å². The highest BCUT2D eigenvalue weighted by Gasteiger charge is 2.14. The smallest absolute Gasteiger partial charge is 0.0641 e. The topological polar surface area (TPSA) is 35.8 Å². The summed E-state index contributed by atoms with van der Waals surface area (Å²) >= 11 is 0. The highest BCUT2D eigenvalue weighted by molar-refractivity contribution is 5.22. The second-order valence-electron chi connectivity index (χ2n) is 4.62. The van der Waals surface area contributed by atoms with Gasteiger partial charge in [0.2, 0.25) is 0 Å². The summed E-state index contributed by atoms with van der Waals surface area (Å²) in [6.45, 7) is 2.13. The van der Waals surface area contributed by atoms with E-state index in [2.05, 4.69) is 42.6 Å². The molecule has 0 saturated heterocycles. The molecule has 1 N–H and O–H groups in total. The van der Waals surface area contributed by atoms with Crippen molar-refractivity contribution in [2.45, 2.75) is 25.4 Å². The number of nitrogens with one attached hydrogen (secondary N) is 1. The molecule has 0 fully saturated rings. The normalized spacial score (nSPS) is 13.5. The van der Waals surface area contributed by atoms with Crippen molar-refractivity contribution in [3.05, 3.63) is 71.8 Å². The Morgan fingerprint density at radius 2 is 1.47 bits per heavy atom. The molecule has 2 aromatic carbocycles. The Bertz CT molecular complexity index is 528. The van der Waals surface area contributed by atoms with Crippen molar-refractivity contribution in [2.75, 3.05) is 0 Å². The third-order valence-electron chi connectivity index (χ3n) is 3.25. The first-order valence-corrected chi connectivity index (χ1v) is 6.54. The summed E-state index contributed by atoms with van der Waals surface area (Å²) in [6, 6.07) is 23.0. The third-order valence-corrected chi connectivity index (χ3v) is 3.25. The van der Waals surface area contributed by atoms with Gasteiger partial charge in [0.1, 0.15) is 0 Å². The molecule has 2 aromatic rings. The lowest BCUT2D eigenvalue weighted by Crippen LogP contribution is -2.24. The summed E-state index contributed by atoms with van der Waals surface area (Å²) in [7, 11) is 0. The fourth-order valence-corrected chi connectivity index (χ4v) is 2.19. The Morgan fingerprint density at radius 3 is 2.00 bits per heavy atom. The molecular weight excluding hydrogens is 232 g/mol. The predicted octanol–water partition coefficient (Wildman–Crippen LogP) is 3.99. The zero-order valence-electron chi connectivity index (χ0n) is 11.1. The van der Waals surface area contributed by atoms with Crippen LogP contribution in [0.25, 0.3) is 0 Å². The molecule has 0 radical (unpaired) electrons. The number of hydrogen-bond acceptors (Lipinski definition) is 2. The monoisotopic (exact) mass is 250 g/mol. The zero-order valence-corrected chi connectivity index (χ0v) is 11.1. The quantitative estimate of drug-likeness (QED) is 0.870. The van der Waals surface area contributed by atoms with E-state index in [9.17, 15) is 0 Å². The van der Waals surface area contributed by atoms with E-state index < -0.39 is 0 Å². The van der Waals surface area contributed by atoms with Crippen LogP contribution < -0.4 is 5.32 Å². The summed E-state index contributed by atoms with van der Waals surface area (Å²) < 4.78 is 0. The summed E-state index contributed by atoms with van der Waals surface area (Å²) in [4.78, 5) is 0. The Hall–Kier alpha value is -2.11. The van der Waals surface area contributed by atoms with Gasteiger partial charge in [-0.1, -0.05) is 60.7 Å². The molecule has 2 atom stereocenters. The number of rotatable bonds is 5. The highest BCUT2D eigenvalue weighted by Crippen LogP contribution is 2.21. The third kappa shape index (κ3) is 3.67. The van der Waals surface area contributed by atoms with Crippen molar-refractivity contribution >= 4 is 0 Å². The predicted molar refractivity (Wildman–Crippen MR) is 77.4 cm³/mol. The van der Waals surface area contributed by atoms with Gasteiger partial charge < -0.3 is 5.32 Å². The standard InChI is InChI=1S/C17H18N2/c1-14(15-8-4-2-5-9-15)19-17(12-13-18)16-10-6-3-7-11-16/h2-11,14,17,19H,12H2,1H3/t14-,17?/m0/s1. The minimum atomic E-state index is 0.0707. The Morgan fingerprint density at radius 1 is 0.947 bits per heavy atom. The average Bonchev–Trinajstić information content (AvgIpc) is 2.48. The molecule has 2 nitrogen and oxygen atoms in total. The lowest BCUT2D eigenvalue weighted by atomic mass is 10.0. The van der Waals surface area contributed by atoms with E-state index in [1.54, 1.807) is 0 Å². The van der Waals surface area contributed by atoms with E-state index in [0.29, 0.717) is 6.42 Å². The van der Waals surface area contributed by atoms with Gasteiger partial charge in [-0.2, -0.15) is 5.26 Å². The number of benzene rings is 2. The summed E-state index contributed by atoms with van der Waals surface area (Å²) in [5, 5.41) is 12.5. The van der Waals surface area contributed by atoms with Gasteiger partial charge in [0.25, 0.3) is 0 Å². The molecule has 2 heteroatoms. The average molecular weight is 250 g/mol. The minimum Gasteiger partial charge on any atom is -0.302 e. The second-order valence-corrected chi connectivity index (χ2v) is 4.62. The van der Waals surface area contributed by atoms with E-state index in [4.69, 9.17) is 5.26 Å². The lowest BCUT2D eigenvalue weighted by molar-refractivity contribution is 0.472. The van der Waals surface area contributed by atoms with E-state index >= 15 is 0 Å². The first-order valence-electron chi connectivity index (χ1n) is 6.54. The molecule has 0 aliphatic rings. The highest BCUT2D eigenvalue weighted by atomic mass is 14.9. The molecule has 0 aliphatic carbocycles. The molecule has 0 spiro atoms. The largest absolute Gasteiger partial charge is 0.302 e. The first kappa shape index (κ1) is 13.3. The fourth-order valence-electron chi connectivity index (χ4n) is 2.19. The minimum absolute atomic E-state index is 0.0707. The molecule has 1 unspecified atom stereocenters. The zero-order chi connectivity index (χ0) is 13.5. The van der Waals surface area contributed by atoms with Gasteiger partial charge in [-0.15, -0.1) is 0 Å². The van der Waals surface area contributed by atoms with Crippen LogP contribution in [0.2, 0.25) is 0 Å². The van der Waals surface area contributed by atoms with Gasteiger partial charge >= 0.3 is 0 Å². The Labute approximate surface area is 114 Å². The van der Waals surface area contributed by atoms with Crippen LogP contribution in [0.1, 0.15) is 36.6 Å². The molecule has 0 aliphatic heterocycles. The van der Waals surface area contributed by atoms with Gasteiger partial charge in [0.15, 0.2) is 0 Å². The molecule has 0 heterocycles. The first-order chi connectivity index (χ1) is 9.31. The second kappa shape index (κ2) is 6.72. The van der Waals surface area contributed by atoms with Crippen LogP contribution >= 0.6 is 0 Å². The number of nitrogens with zero attached hydrogens (tertiary/aromatic N) is 1. The van der Waals surface area contributed by atoms with Crippen molar-refractivity contribution in [2.24, 2.45) is 0 Å². The Kier molecular flexibility index (Phi) is 4.72. The molecule has 96 valence electrons. The molecule has 0 amide bonds. The maximum atomic E-state index is 8.99. The summed E-state index contributed by atoms with van der Waals surface area (Å²) in [6.07, 6.45) is 0.473. The van der Waals surface area contributed by atoms with Crippen LogP contribution in [-0.2, 0) is 0 Å². The van der Waals surface area contributed by atoms with Crippen LogP contribution in [0.5, 0.6) is 0 Å². The van der Waals surface area contributed by atoms with Crippen LogP contribution in [0.4, 0.5) is 0 Å². The van der Waals surface area contributed by atoms with Gasteiger partial charge in [0.05, 0.1) is 12.5 Å². The van der Waals surface area contributed by atoms with Gasteiger partial charge in [-0.3, -0.25) is 0 Å².